The lowest BCUT2D eigenvalue weighted by Gasteiger charge is -2.16. The smallest absolute Gasteiger partial charge is 0.420 e. The summed E-state index contributed by atoms with van der Waals surface area (Å²) >= 11 is 0. The summed E-state index contributed by atoms with van der Waals surface area (Å²) in [6.45, 7) is 2.81. The fraction of sp³-hybridized carbons (Fsp3) is 0.364. The standard InChI is InChI=1S/C11H12F3NO2/c1-3-17-10-8(11(12,13)14)5-4-7(6(2)16)9(10)15/h4-5H,3,15H2,1-2H3. The molecule has 0 unspecified atom stereocenters. The highest BCUT2D eigenvalue weighted by molar-refractivity contribution is 6.00. The van der Waals surface area contributed by atoms with E-state index in [0.29, 0.717) is 0 Å². The molecule has 17 heavy (non-hydrogen) atoms. The van der Waals surface area contributed by atoms with Gasteiger partial charge in [-0.3, -0.25) is 4.79 Å². The van der Waals surface area contributed by atoms with Gasteiger partial charge in [0.15, 0.2) is 11.5 Å². The van der Waals surface area contributed by atoms with Gasteiger partial charge in [0.1, 0.15) is 0 Å². The third kappa shape index (κ3) is 2.69. The molecular weight excluding hydrogens is 235 g/mol. The van der Waals surface area contributed by atoms with E-state index < -0.39 is 23.3 Å². The lowest BCUT2D eigenvalue weighted by atomic mass is 10.0. The number of rotatable bonds is 3. The minimum Gasteiger partial charge on any atom is -0.491 e. The summed E-state index contributed by atoms with van der Waals surface area (Å²) in [5.74, 6) is -0.884. The van der Waals surface area contributed by atoms with Crippen molar-refractivity contribution in [1.29, 1.82) is 0 Å². The van der Waals surface area contributed by atoms with Crippen molar-refractivity contribution in [1.82, 2.24) is 0 Å². The maximum atomic E-state index is 12.7. The van der Waals surface area contributed by atoms with Gasteiger partial charge in [0.2, 0.25) is 0 Å². The number of nitrogen functional groups attached to an aromatic ring is 1. The van der Waals surface area contributed by atoms with Gasteiger partial charge in [0, 0.05) is 5.56 Å². The van der Waals surface area contributed by atoms with E-state index in [-0.39, 0.29) is 17.9 Å². The Morgan fingerprint density at radius 1 is 1.41 bits per heavy atom. The van der Waals surface area contributed by atoms with Crippen LogP contribution in [0.3, 0.4) is 0 Å². The third-order valence-electron chi connectivity index (χ3n) is 2.17. The Hall–Kier alpha value is -1.72. The number of benzene rings is 1. The van der Waals surface area contributed by atoms with Gasteiger partial charge in [-0.1, -0.05) is 0 Å². The Morgan fingerprint density at radius 2 is 2.00 bits per heavy atom. The molecule has 1 rings (SSSR count). The first kappa shape index (κ1) is 13.3. The highest BCUT2D eigenvalue weighted by Crippen LogP contribution is 2.40. The molecule has 94 valence electrons. The Bertz CT molecular complexity index is 441. The van der Waals surface area contributed by atoms with Crippen LogP contribution in [-0.2, 0) is 6.18 Å². The summed E-state index contributed by atoms with van der Waals surface area (Å²) in [6, 6.07) is 1.86. The number of anilines is 1. The molecule has 0 bridgehead atoms. The minimum absolute atomic E-state index is 0.0291. The highest BCUT2D eigenvalue weighted by Gasteiger charge is 2.36. The molecule has 0 aliphatic carbocycles. The average Bonchev–Trinajstić information content (AvgIpc) is 2.18. The first-order valence-electron chi connectivity index (χ1n) is 4.92. The lowest BCUT2D eigenvalue weighted by Crippen LogP contribution is -2.12. The molecular formula is C11H12F3NO2. The average molecular weight is 247 g/mol. The zero-order valence-electron chi connectivity index (χ0n) is 9.39. The van der Waals surface area contributed by atoms with E-state index in [2.05, 4.69) is 0 Å². The predicted molar refractivity (Wildman–Crippen MR) is 57.0 cm³/mol. The maximum Gasteiger partial charge on any atom is 0.420 e. The van der Waals surface area contributed by atoms with Crippen LogP contribution < -0.4 is 10.5 Å². The van der Waals surface area contributed by atoms with Crippen LogP contribution in [0, 0.1) is 0 Å². The number of nitrogens with two attached hydrogens (primary N) is 1. The minimum atomic E-state index is -4.56. The van der Waals surface area contributed by atoms with Crippen molar-refractivity contribution in [2.24, 2.45) is 0 Å². The second-order valence-electron chi connectivity index (χ2n) is 3.39. The summed E-state index contributed by atoms with van der Waals surface area (Å²) in [4.78, 5) is 11.2. The van der Waals surface area contributed by atoms with Gasteiger partial charge in [-0.15, -0.1) is 0 Å². The number of hydrogen-bond acceptors (Lipinski definition) is 3. The van der Waals surface area contributed by atoms with E-state index in [1.54, 1.807) is 6.92 Å². The molecule has 0 fully saturated rings. The zero-order chi connectivity index (χ0) is 13.2. The van der Waals surface area contributed by atoms with Crippen molar-refractivity contribution in [2.45, 2.75) is 20.0 Å². The van der Waals surface area contributed by atoms with Gasteiger partial charge < -0.3 is 10.5 Å². The van der Waals surface area contributed by atoms with Gasteiger partial charge in [-0.05, 0) is 26.0 Å². The van der Waals surface area contributed by atoms with Crippen molar-refractivity contribution in [3.05, 3.63) is 23.3 Å². The summed E-state index contributed by atoms with van der Waals surface area (Å²) < 4.78 is 42.9. The number of Topliss-reactive ketones (excluding diaryl/α,β-unsaturated/α-hetero) is 1. The zero-order valence-corrected chi connectivity index (χ0v) is 9.39. The second kappa shape index (κ2) is 4.65. The molecule has 0 amide bonds. The van der Waals surface area contributed by atoms with Crippen LogP contribution in [-0.4, -0.2) is 12.4 Å². The number of ether oxygens (including phenoxy) is 1. The van der Waals surface area contributed by atoms with Crippen molar-refractivity contribution in [3.63, 3.8) is 0 Å². The quantitative estimate of drug-likeness (QED) is 0.660. The number of halogens is 3. The fourth-order valence-corrected chi connectivity index (χ4v) is 1.43. The van der Waals surface area contributed by atoms with E-state index in [4.69, 9.17) is 10.5 Å². The second-order valence-corrected chi connectivity index (χ2v) is 3.39. The van der Waals surface area contributed by atoms with Crippen LogP contribution in [0.2, 0.25) is 0 Å². The summed E-state index contributed by atoms with van der Waals surface area (Å²) in [7, 11) is 0. The Kier molecular flexibility index (Phi) is 3.65. The fourth-order valence-electron chi connectivity index (χ4n) is 1.43. The van der Waals surface area contributed by atoms with E-state index in [1.165, 1.54) is 6.92 Å². The lowest BCUT2D eigenvalue weighted by molar-refractivity contribution is -0.138. The first-order chi connectivity index (χ1) is 7.79. The van der Waals surface area contributed by atoms with Crippen LogP contribution in [0.5, 0.6) is 5.75 Å². The molecule has 0 heterocycles. The molecule has 0 atom stereocenters. The predicted octanol–water partition coefficient (Wildman–Crippen LogP) is 2.89. The van der Waals surface area contributed by atoms with Gasteiger partial charge in [-0.25, -0.2) is 0 Å². The molecule has 0 aromatic heterocycles. The maximum absolute atomic E-state index is 12.7. The number of alkyl halides is 3. The molecule has 3 nitrogen and oxygen atoms in total. The molecule has 1 aromatic rings. The number of hydrogen-bond donors (Lipinski definition) is 1. The Balaban J connectivity index is 3.45. The van der Waals surface area contributed by atoms with Gasteiger partial charge in [0.05, 0.1) is 17.9 Å². The van der Waals surface area contributed by atoms with Crippen LogP contribution >= 0.6 is 0 Å². The van der Waals surface area contributed by atoms with Crippen molar-refractivity contribution in [3.8, 4) is 5.75 Å². The van der Waals surface area contributed by atoms with Crippen LogP contribution in [0.4, 0.5) is 18.9 Å². The summed E-state index contributed by atoms with van der Waals surface area (Å²) in [5, 5.41) is 0. The van der Waals surface area contributed by atoms with Gasteiger partial charge in [0.25, 0.3) is 0 Å². The molecule has 0 aliphatic heterocycles. The topological polar surface area (TPSA) is 52.3 Å². The number of ketones is 1. The van der Waals surface area contributed by atoms with Crippen LogP contribution in [0.25, 0.3) is 0 Å². The van der Waals surface area contributed by atoms with Gasteiger partial charge >= 0.3 is 6.18 Å². The molecule has 0 radical (unpaired) electrons. The summed E-state index contributed by atoms with van der Waals surface area (Å²) in [6.07, 6.45) is -4.56. The SMILES string of the molecule is CCOc1c(C(F)(F)F)ccc(C(C)=O)c1N. The normalized spacial score (nSPS) is 11.4. The van der Waals surface area contributed by atoms with E-state index >= 15 is 0 Å². The van der Waals surface area contributed by atoms with Crippen LogP contribution in [0.1, 0.15) is 29.8 Å². The first-order valence-corrected chi connectivity index (χ1v) is 4.92. The number of carbonyl (C=O) groups excluding carboxylic acids is 1. The van der Waals surface area contributed by atoms with Crippen LogP contribution in [0.15, 0.2) is 12.1 Å². The largest absolute Gasteiger partial charge is 0.491 e. The molecule has 0 aliphatic rings. The molecule has 0 saturated carbocycles. The molecule has 1 aromatic carbocycles. The van der Waals surface area contributed by atoms with E-state index in [1.807, 2.05) is 0 Å². The van der Waals surface area contributed by atoms with Crippen molar-refractivity contribution in [2.75, 3.05) is 12.3 Å². The Labute approximate surface area is 96.4 Å². The third-order valence-corrected chi connectivity index (χ3v) is 2.17. The molecule has 0 saturated heterocycles. The molecule has 6 heteroatoms. The molecule has 0 spiro atoms. The Morgan fingerprint density at radius 3 is 2.41 bits per heavy atom. The highest BCUT2D eigenvalue weighted by atomic mass is 19.4. The van der Waals surface area contributed by atoms with Gasteiger partial charge in [-0.2, -0.15) is 13.2 Å². The number of carbonyl (C=O) groups is 1. The van der Waals surface area contributed by atoms with E-state index in [0.717, 1.165) is 12.1 Å². The van der Waals surface area contributed by atoms with Crippen molar-refractivity contribution >= 4 is 11.5 Å². The summed E-state index contributed by atoms with van der Waals surface area (Å²) in [5.41, 5.74) is 4.31. The van der Waals surface area contributed by atoms with Crippen molar-refractivity contribution < 1.29 is 22.7 Å². The van der Waals surface area contributed by atoms with E-state index in [9.17, 15) is 18.0 Å². The monoisotopic (exact) mass is 247 g/mol. The molecule has 2 N–H and O–H groups in total.